The van der Waals surface area contributed by atoms with E-state index >= 15 is 0 Å². The van der Waals surface area contributed by atoms with Gasteiger partial charge in [-0.3, -0.25) is 5.10 Å². The van der Waals surface area contributed by atoms with Gasteiger partial charge in [0.1, 0.15) is 11.6 Å². The number of hydrogen-bond acceptors (Lipinski definition) is 3. The summed E-state index contributed by atoms with van der Waals surface area (Å²) >= 11 is 0. The van der Waals surface area contributed by atoms with Crippen LogP contribution in [0.3, 0.4) is 0 Å². The quantitative estimate of drug-likeness (QED) is 0.749. The number of aromatic nitrogens is 3. The number of aromatic hydroxyl groups is 1. The van der Waals surface area contributed by atoms with Crippen LogP contribution >= 0.6 is 0 Å². The van der Waals surface area contributed by atoms with Crippen molar-refractivity contribution < 1.29 is 18.3 Å². The van der Waals surface area contributed by atoms with Crippen LogP contribution in [-0.4, -0.2) is 20.3 Å². The zero-order valence-electron chi connectivity index (χ0n) is 12.2. The highest BCUT2D eigenvalue weighted by molar-refractivity contribution is 5.69. The molecule has 2 aromatic carbocycles. The third-order valence-electron chi connectivity index (χ3n) is 3.30. The molecule has 0 bridgehead atoms. The Morgan fingerprint density at radius 1 is 1.00 bits per heavy atom. The fraction of sp³-hybridized carbons (Fsp3) is 0.0588. The molecule has 1 heterocycles. The van der Waals surface area contributed by atoms with Crippen LogP contribution < -0.4 is 0 Å². The third kappa shape index (κ3) is 3.45. The summed E-state index contributed by atoms with van der Waals surface area (Å²) < 4.78 is 38.1. The fourth-order valence-corrected chi connectivity index (χ4v) is 2.13. The number of nitrogens with zero attached hydrogens (tertiary/aromatic N) is 2. The first kappa shape index (κ1) is 15.8. The van der Waals surface area contributed by atoms with Crippen molar-refractivity contribution >= 4 is 12.2 Å². The summed E-state index contributed by atoms with van der Waals surface area (Å²) in [6, 6.07) is 11.6. The fourth-order valence-electron chi connectivity index (χ4n) is 2.13. The van der Waals surface area contributed by atoms with E-state index in [2.05, 4.69) is 15.2 Å². The molecule has 7 heteroatoms. The average Bonchev–Trinajstić information content (AvgIpc) is 3.02. The van der Waals surface area contributed by atoms with Gasteiger partial charge in [0.2, 0.25) is 0 Å². The second-order valence-corrected chi connectivity index (χ2v) is 5.02. The molecule has 24 heavy (non-hydrogen) atoms. The summed E-state index contributed by atoms with van der Waals surface area (Å²) in [4.78, 5) is 4.19. The maximum Gasteiger partial charge on any atom is 0.416 e. The number of phenolic OH excluding ortho intramolecular Hbond substituents is 1. The van der Waals surface area contributed by atoms with Crippen LogP contribution in [0.5, 0.6) is 5.75 Å². The molecule has 0 aliphatic rings. The molecule has 0 unspecified atom stereocenters. The Morgan fingerprint density at radius 3 is 2.54 bits per heavy atom. The minimum Gasteiger partial charge on any atom is -0.507 e. The molecule has 0 fully saturated rings. The first-order valence-corrected chi connectivity index (χ1v) is 6.99. The molecular formula is C17H12F3N3O. The number of aromatic amines is 1. The maximum atomic E-state index is 12.7. The van der Waals surface area contributed by atoms with E-state index in [4.69, 9.17) is 0 Å². The van der Waals surface area contributed by atoms with Crippen molar-refractivity contribution in [2.24, 2.45) is 0 Å². The summed E-state index contributed by atoms with van der Waals surface area (Å²) in [6.45, 7) is 0. The Morgan fingerprint density at radius 2 is 1.79 bits per heavy atom. The molecule has 0 saturated heterocycles. The molecule has 0 radical (unpaired) electrons. The zero-order valence-corrected chi connectivity index (χ0v) is 12.2. The standard InChI is InChI=1S/C17H12F3N3O/c18-17(19,20)12-5-3-4-11(10-12)8-9-15-21-16(23-22-15)13-6-1-2-7-14(13)24/h1-10,24H,(H,21,22,23)/b9-8+. The Balaban J connectivity index is 1.83. The predicted molar refractivity (Wildman–Crippen MR) is 83.9 cm³/mol. The molecule has 122 valence electrons. The van der Waals surface area contributed by atoms with Gasteiger partial charge in [0.25, 0.3) is 0 Å². The second kappa shape index (κ2) is 6.19. The molecule has 3 aromatic rings. The number of phenols is 1. The highest BCUT2D eigenvalue weighted by atomic mass is 19.4. The predicted octanol–water partition coefficient (Wildman–Crippen LogP) is 4.37. The van der Waals surface area contributed by atoms with Crippen molar-refractivity contribution in [1.29, 1.82) is 0 Å². The van der Waals surface area contributed by atoms with Gasteiger partial charge in [-0.15, -0.1) is 0 Å². The van der Waals surface area contributed by atoms with Crippen molar-refractivity contribution in [2.45, 2.75) is 6.18 Å². The van der Waals surface area contributed by atoms with Gasteiger partial charge < -0.3 is 5.11 Å². The number of para-hydroxylation sites is 1. The third-order valence-corrected chi connectivity index (χ3v) is 3.30. The van der Waals surface area contributed by atoms with Crippen LogP contribution in [0.1, 0.15) is 17.0 Å². The van der Waals surface area contributed by atoms with Gasteiger partial charge in [-0.25, -0.2) is 4.98 Å². The SMILES string of the molecule is Oc1ccccc1-c1n[nH]c(/C=C/c2cccc(C(F)(F)F)c2)n1. The van der Waals surface area contributed by atoms with Gasteiger partial charge >= 0.3 is 6.18 Å². The largest absolute Gasteiger partial charge is 0.507 e. The van der Waals surface area contributed by atoms with E-state index in [9.17, 15) is 18.3 Å². The van der Waals surface area contributed by atoms with Crippen molar-refractivity contribution in [3.63, 3.8) is 0 Å². The maximum absolute atomic E-state index is 12.7. The average molecular weight is 331 g/mol. The summed E-state index contributed by atoms with van der Waals surface area (Å²) in [6.07, 6.45) is -1.36. The normalized spacial score (nSPS) is 12.0. The van der Waals surface area contributed by atoms with Crippen LogP contribution in [0.25, 0.3) is 23.5 Å². The Bertz CT molecular complexity index is 885. The number of halogens is 3. The van der Waals surface area contributed by atoms with Crippen molar-refractivity contribution in [3.8, 4) is 17.1 Å². The molecule has 2 N–H and O–H groups in total. The molecule has 0 saturated carbocycles. The van der Waals surface area contributed by atoms with Crippen LogP contribution in [0.15, 0.2) is 48.5 Å². The lowest BCUT2D eigenvalue weighted by atomic mass is 10.1. The second-order valence-electron chi connectivity index (χ2n) is 5.02. The van der Waals surface area contributed by atoms with E-state index in [1.54, 1.807) is 24.3 Å². The minimum atomic E-state index is -4.38. The molecule has 0 aliphatic carbocycles. The van der Waals surface area contributed by atoms with Gasteiger partial charge in [0.05, 0.1) is 11.1 Å². The number of hydrogen-bond donors (Lipinski definition) is 2. The van der Waals surface area contributed by atoms with Crippen LogP contribution in [0.4, 0.5) is 13.2 Å². The first-order valence-electron chi connectivity index (χ1n) is 6.99. The summed E-state index contributed by atoms with van der Waals surface area (Å²) in [7, 11) is 0. The van der Waals surface area contributed by atoms with Gasteiger partial charge in [-0.1, -0.05) is 30.3 Å². The van der Waals surface area contributed by atoms with Gasteiger partial charge in [0, 0.05) is 0 Å². The lowest BCUT2D eigenvalue weighted by Gasteiger charge is -2.06. The van der Waals surface area contributed by atoms with E-state index in [1.165, 1.54) is 24.3 Å². The molecule has 0 aliphatic heterocycles. The Kier molecular flexibility index (Phi) is 4.07. The summed E-state index contributed by atoms with van der Waals surface area (Å²) in [5.74, 6) is 0.715. The van der Waals surface area contributed by atoms with E-state index in [0.717, 1.165) is 12.1 Å². The Hall–Kier alpha value is -3.09. The van der Waals surface area contributed by atoms with Crippen LogP contribution in [0, 0.1) is 0 Å². The lowest BCUT2D eigenvalue weighted by molar-refractivity contribution is -0.137. The number of benzene rings is 2. The number of nitrogens with one attached hydrogen (secondary N) is 1. The number of H-pyrrole nitrogens is 1. The monoisotopic (exact) mass is 331 g/mol. The highest BCUT2D eigenvalue weighted by Crippen LogP contribution is 2.30. The summed E-state index contributed by atoms with van der Waals surface area (Å²) in [5.41, 5.74) is 0.148. The van der Waals surface area contributed by atoms with Crippen molar-refractivity contribution in [3.05, 3.63) is 65.5 Å². The number of rotatable bonds is 3. The zero-order chi connectivity index (χ0) is 17.2. The molecule has 3 rings (SSSR count). The minimum absolute atomic E-state index is 0.0462. The highest BCUT2D eigenvalue weighted by Gasteiger charge is 2.30. The van der Waals surface area contributed by atoms with Gasteiger partial charge in [-0.05, 0) is 35.9 Å². The molecule has 1 aromatic heterocycles. The first-order chi connectivity index (χ1) is 11.4. The smallest absolute Gasteiger partial charge is 0.416 e. The van der Waals surface area contributed by atoms with E-state index in [0.29, 0.717) is 22.8 Å². The van der Waals surface area contributed by atoms with Crippen LogP contribution in [0.2, 0.25) is 0 Å². The van der Waals surface area contributed by atoms with E-state index in [1.807, 2.05) is 0 Å². The molecular weight excluding hydrogens is 319 g/mol. The molecule has 0 amide bonds. The van der Waals surface area contributed by atoms with Crippen LogP contribution in [-0.2, 0) is 6.18 Å². The molecule has 0 spiro atoms. The lowest BCUT2D eigenvalue weighted by Crippen LogP contribution is -2.04. The number of alkyl halides is 3. The van der Waals surface area contributed by atoms with Crippen molar-refractivity contribution in [2.75, 3.05) is 0 Å². The van der Waals surface area contributed by atoms with E-state index < -0.39 is 11.7 Å². The summed E-state index contributed by atoms with van der Waals surface area (Å²) in [5, 5.41) is 16.4. The van der Waals surface area contributed by atoms with Crippen molar-refractivity contribution in [1.82, 2.24) is 15.2 Å². The van der Waals surface area contributed by atoms with E-state index in [-0.39, 0.29) is 5.75 Å². The molecule has 4 nitrogen and oxygen atoms in total. The topological polar surface area (TPSA) is 61.8 Å². The Labute approximate surface area is 135 Å². The molecule has 0 atom stereocenters. The van der Waals surface area contributed by atoms with Gasteiger partial charge in [0.15, 0.2) is 5.82 Å². The van der Waals surface area contributed by atoms with Gasteiger partial charge in [-0.2, -0.15) is 18.3 Å².